The summed E-state index contributed by atoms with van der Waals surface area (Å²) >= 11 is 0. The highest BCUT2D eigenvalue weighted by Gasteiger charge is 2.44. The Balaban J connectivity index is 0.629. The fourth-order valence-electron chi connectivity index (χ4n) is 20.9. The fraction of sp³-hybridized carbons (Fsp3) is 0.126. The molecular formula is C119H90N20. The zero-order chi connectivity index (χ0) is 93.4. The van der Waals surface area contributed by atoms with Crippen molar-refractivity contribution in [3.05, 3.63) is 394 Å². The van der Waals surface area contributed by atoms with Crippen LogP contribution in [0.15, 0.2) is 328 Å². The van der Waals surface area contributed by atoms with Crippen LogP contribution in [0.5, 0.6) is 0 Å². The van der Waals surface area contributed by atoms with E-state index in [1.807, 2.05) is 125 Å². The number of aromatic nitrogens is 20. The average molecular weight is 1800 g/mol. The molecule has 12 heterocycles. The summed E-state index contributed by atoms with van der Waals surface area (Å²) < 4.78 is 17.0. The van der Waals surface area contributed by atoms with Crippen molar-refractivity contribution in [2.45, 2.75) is 43.9 Å². The minimum Gasteiger partial charge on any atom is -0.326 e. The van der Waals surface area contributed by atoms with Gasteiger partial charge in [-0.25, -0.2) is 59.8 Å². The number of pyridine rings is 4. The summed E-state index contributed by atoms with van der Waals surface area (Å²) in [4.78, 5) is 63.0. The molecule has 1 aliphatic rings. The third-order valence-electron chi connectivity index (χ3n) is 28.1. The monoisotopic (exact) mass is 1800 g/mol. The highest BCUT2D eigenvalue weighted by Crippen LogP contribution is 2.54. The third-order valence-corrected chi connectivity index (χ3v) is 28.1. The lowest BCUT2D eigenvalue weighted by Crippen LogP contribution is -2.31. The number of benzene rings is 12. The maximum absolute atomic E-state index is 5.38. The number of imidazole rings is 8. The van der Waals surface area contributed by atoms with Crippen LogP contribution in [0.2, 0.25) is 0 Å². The van der Waals surface area contributed by atoms with Gasteiger partial charge in [-0.05, 0) is 264 Å². The van der Waals surface area contributed by atoms with Gasteiger partial charge < -0.3 is 36.5 Å². The molecule has 139 heavy (non-hydrogen) atoms. The van der Waals surface area contributed by atoms with Crippen molar-refractivity contribution in [2.75, 3.05) is 0 Å². The van der Waals surface area contributed by atoms with E-state index in [4.69, 9.17) is 59.8 Å². The van der Waals surface area contributed by atoms with Crippen molar-refractivity contribution in [2.24, 2.45) is 56.4 Å². The van der Waals surface area contributed by atoms with Crippen molar-refractivity contribution in [1.29, 1.82) is 0 Å². The summed E-state index contributed by atoms with van der Waals surface area (Å²) in [5.74, 6) is 21.1. The van der Waals surface area contributed by atoms with Crippen molar-refractivity contribution in [1.82, 2.24) is 96.3 Å². The molecular weight excluding hydrogens is 1710 g/mol. The molecule has 24 aromatic rings. The number of para-hydroxylation sites is 16. The van der Waals surface area contributed by atoms with E-state index in [9.17, 15) is 0 Å². The smallest absolute Gasteiger partial charge is 0.159 e. The standard InChI is InChI=1S/C119H90N20/c1-132-103-33-17-9-25-87(103)124-111(132)95-63-79(64-96(120-95)112-125-88-26-10-18-34-104(88)133(112)2)53-45-73-41-49-77(50-42-73)71-119(72-78-51-43-74(44-52-78)46-54-80-65-97(113-126-89-27-11-19-35-105(89)134(113)3)121-98(66-80)114-127-90-28-12-20-36-106(90)135(114)4)85-61-75(47-55-81-67-99(115-128-91-29-13-21-37-107(91)136(115)5)122-100(68-81)116-129-92-30-14-22-38-108(92)137(116)6)57-59-83(85)84-60-58-76(62-86(84)119)48-56-82-69-101(117-130-93-31-15-23-39-109(93)138(117)7)123-102(70-82)118-131-94-32-16-24-40-110(94)139(118)8/h9-44,49-52,57-70H,45-46,53-54,71-72H2,1-8H3. The summed E-state index contributed by atoms with van der Waals surface area (Å²) in [6, 6.07) is 115. The molecule has 20 heteroatoms. The quantitative estimate of drug-likeness (QED) is 0.0739. The van der Waals surface area contributed by atoms with E-state index in [2.05, 4.69) is 319 Å². The Labute approximate surface area is 801 Å². The molecule has 0 spiro atoms. The molecule has 0 fully saturated rings. The van der Waals surface area contributed by atoms with Gasteiger partial charge in [-0.15, -0.1) is 0 Å². The summed E-state index contributed by atoms with van der Waals surface area (Å²) in [5, 5.41) is 0. The molecule has 0 bridgehead atoms. The molecule has 20 nitrogen and oxygen atoms in total. The second-order valence-corrected chi connectivity index (χ2v) is 36.7. The van der Waals surface area contributed by atoms with Crippen LogP contribution in [-0.2, 0) is 100 Å². The van der Waals surface area contributed by atoms with Crippen LogP contribution in [-0.4, -0.2) is 96.3 Å². The van der Waals surface area contributed by atoms with Crippen molar-refractivity contribution in [3.8, 4) is 127 Å². The van der Waals surface area contributed by atoms with Gasteiger partial charge >= 0.3 is 0 Å². The van der Waals surface area contributed by atoms with E-state index in [1.165, 1.54) is 33.4 Å². The molecule has 0 saturated carbocycles. The molecule has 25 rings (SSSR count). The lowest BCUT2D eigenvalue weighted by molar-refractivity contribution is 0.519. The van der Waals surface area contributed by atoms with E-state index in [0.717, 1.165) is 228 Å². The van der Waals surface area contributed by atoms with Gasteiger partial charge in [-0.3, -0.25) is 0 Å². The van der Waals surface area contributed by atoms with Gasteiger partial charge in [-0.1, -0.05) is 181 Å². The number of aryl methyl sites for hydroxylation is 12. The molecule has 0 N–H and O–H groups in total. The maximum Gasteiger partial charge on any atom is 0.159 e. The van der Waals surface area contributed by atoms with Gasteiger partial charge in [0, 0.05) is 84.1 Å². The second-order valence-electron chi connectivity index (χ2n) is 36.7. The molecule has 12 aromatic heterocycles. The Kier molecular flexibility index (Phi) is 19.9. The first-order valence-corrected chi connectivity index (χ1v) is 47.0. The Morgan fingerprint density at radius 1 is 0.187 bits per heavy atom. The van der Waals surface area contributed by atoms with Crippen LogP contribution >= 0.6 is 0 Å². The zero-order valence-corrected chi connectivity index (χ0v) is 77.9. The lowest BCUT2D eigenvalue weighted by atomic mass is 9.69. The Hall–Kier alpha value is -17.9. The van der Waals surface area contributed by atoms with Gasteiger partial charge in [0.15, 0.2) is 46.6 Å². The number of rotatable bonds is 18. The number of nitrogens with zero attached hydrogens (tertiary/aromatic N) is 20. The topological polar surface area (TPSA) is 194 Å². The average Bonchev–Trinajstić information content (AvgIpc) is 1.55. The zero-order valence-electron chi connectivity index (χ0n) is 77.9. The van der Waals surface area contributed by atoms with E-state index < -0.39 is 5.41 Å². The van der Waals surface area contributed by atoms with Gasteiger partial charge in [0.25, 0.3) is 0 Å². The van der Waals surface area contributed by atoms with Gasteiger partial charge in [0.2, 0.25) is 0 Å². The molecule has 0 unspecified atom stereocenters. The van der Waals surface area contributed by atoms with Crippen LogP contribution in [0, 0.1) is 23.7 Å². The van der Waals surface area contributed by atoms with Gasteiger partial charge in [0.1, 0.15) is 45.6 Å². The molecule has 12 aromatic carbocycles. The van der Waals surface area contributed by atoms with Crippen molar-refractivity contribution >= 4 is 88.3 Å². The molecule has 0 amide bonds. The predicted octanol–water partition coefficient (Wildman–Crippen LogP) is 22.8. The highest BCUT2D eigenvalue weighted by molar-refractivity contribution is 5.90. The molecule has 0 radical (unpaired) electrons. The van der Waals surface area contributed by atoms with Crippen LogP contribution in [0.3, 0.4) is 0 Å². The second kappa shape index (κ2) is 33.3. The minimum atomic E-state index is -0.720. The van der Waals surface area contributed by atoms with E-state index in [-0.39, 0.29) is 0 Å². The first-order valence-electron chi connectivity index (χ1n) is 47.0. The van der Waals surface area contributed by atoms with Crippen LogP contribution in [0.1, 0.15) is 66.8 Å². The molecule has 666 valence electrons. The van der Waals surface area contributed by atoms with E-state index >= 15 is 0 Å². The Morgan fingerprint density at radius 2 is 0.381 bits per heavy atom. The van der Waals surface area contributed by atoms with Gasteiger partial charge in [-0.2, -0.15) is 0 Å². The van der Waals surface area contributed by atoms with Crippen LogP contribution < -0.4 is 0 Å². The van der Waals surface area contributed by atoms with E-state index in [0.29, 0.717) is 35.6 Å². The summed E-state index contributed by atoms with van der Waals surface area (Å²) in [5.41, 5.74) is 35.5. The van der Waals surface area contributed by atoms with Crippen molar-refractivity contribution < 1.29 is 0 Å². The molecule has 1 aliphatic carbocycles. The Bertz CT molecular complexity index is 8370. The first kappa shape index (κ1) is 83.0. The molecule has 0 aliphatic heterocycles. The van der Waals surface area contributed by atoms with E-state index in [1.54, 1.807) is 0 Å². The number of fused-ring (bicyclic) bond motifs is 11. The first-order chi connectivity index (χ1) is 68.0. The Morgan fingerprint density at radius 3 is 0.604 bits per heavy atom. The van der Waals surface area contributed by atoms with Crippen molar-refractivity contribution in [3.63, 3.8) is 0 Å². The molecule has 0 atom stereocenters. The van der Waals surface area contributed by atoms with Crippen LogP contribution in [0.25, 0.3) is 192 Å². The van der Waals surface area contributed by atoms with Crippen LogP contribution in [0.4, 0.5) is 0 Å². The summed E-state index contributed by atoms with van der Waals surface area (Å²) in [6.45, 7) is 0. The number of hydrogen-bond acceptors (Lipinski definition) is 12. The third kappa shape index (κ3) is 14.7. The maximum atomic E-state index is 5.38. The molecule has 0 saturated heterocycles. The highest BCUT2D eigenvalue weighted by atomic mass is 15.1. The normalized spacial score (nSPS) is 12.3. The minimum absolute atomic E-state index is 0.625. The SMILES string of the molecule is Cn1c(-c2cc(C#Cc3ccc4c(c3)C(Cc3ccc(CCc5cc(-c6nc7ccccc7n6C)nc(-c6nc7ccccc7n6C)c5)cc3)(Cc3ccc(CCc5cc(-c6nc7ccccc7n6C)nc(-c6nc7ccccc7n6C)c5)cc3)c3cc(C#Cc5cc(-c6nc7ccccc7n6C)nc(-c6nc7ccccc7n6C)c5)ccc3-4)cc(-c3nc4ccccc4n3C)n2)nc2ccccc21. The summed E-state index contributed by atoms with van der Waals surface area (Å²) in [7, 11) is 16.5. The number of hydrogen-bond donors (Lipinski definition) is 0. The lowest BCUT2D eigenvalue weighted by Gasteiger charge is -2.33. The fourth-order valence-corrected chi connectivity index (χ4v) is 20.9. The predicted molar refractivity (Wildman–Crippen MR) is 554 cm³/mol. The van der Waals surface area contributed by atoms with Gasteiger partial charge in [0.05, 0.1) is 88.3 Å². The largest absolute Gasteiger partial charge is 0.326 e. The summed E-state index contributed by atoms with van der Waals surface area (Å²) in [6.07, 6.45) is 4.26.